The summed E-state index contributed by atoms with van der Waals surface area (Å²) in [5.41, 5.74) is 0. The maximum absolute atomic E-state index is 10.9. The Hall–Kier alpha value is 0.0300. The van der Waals surface area contributed by atoms with E-state index in [1.807, 2.05) is 0 Å². The van der Waals surface area contributed by atoms with Gasteiger partial charge in [0.05, 0.1) is 41.4 Å². The van der Waals surface area contributed by atoms with Crippen LogP contribution in [0.5, 0.6) is 0 Å². The lowest BCUT2D eigenvalue weighted by molar-refractivity contribution is -0.849. The maximum Gasteiger partial charge on any atom is 0.206 e. The van der Waals surface area contributed by atoms with E-state index in [4.69, 9.17) is 0 Å². The zero-order valence-corrected chi connectivity index (χ0v) is 12.3. The fraction of sp³-hybridized carbons (Fsp3) is 1.00. The van der Waals surface area contributed by atoms with Crippen molar-refractivity contribution in [1.82, 2.24) is 4.67 Å². The highest BCUT2D eigenvalue weighted by Gasteiger charge is 2.09. The lowest BCUT2D eigenvalue weighted by atomic mass is 10.8. The summed E-state index contributed by atoms with van der Waals surface area (Å²) in [4.78, 5) is 10.9. The van der Waals surface area contributed by atoms with Crippen molar-refractivity contribution in [3.05, 3.63) is 0 Å². The van der Waals surface area contributed by atoms with E-state index >= 15 is 0 Å². The molecule has 0 rings (SSSR count). The second-order valence-corrected chi connectivity index (χ2v) is 6.82. The summed E-state index contributed by atoms with van der Waals surface area (Å²) in [6, 6.07) is 0. The van der Waals surface area contributed by atoms with Crippen LogP contribution in [0.1, 0.15) is 0 Å². The first-order valence-electron chi connectivity index (χ1n) is 4.92. The lowest BCUT2D eigenvalue weighted by Crippen LogP contribution is -2.27. The molecule has 0 saturated carbocycles. The van der Waals surface area contributed by atoms with E-state index in [-0.39, 0.29) is 13.2 Å². The van der Waals surface area contributed by atoms with Crippen molar-refractivity contribution in [2.45, 2.75) is 0 Å². The molecule has 0 amide bonds. The number of methoxy groups -OCH3 is 1. The highest BCUT2D eigenvalue weighted by atomic mass is 31.2. The van der Waals surface area contributed by atoms with E-state index < -0.39 is 7.75 Å². The van der Waals surface area contributed by atoms with Gasteiger partial charge in [-0.2, -0.15) is 0 Å². The molecule has 1 unspecified atom stereocenters. The van der Waals surface area contributed by atoms with E-state index in [2.05, 4.69) is 37.5 Å². The molecule has 0 bridgehead atoms. The molecular weight excluding hydrogens is 231 g/mol. The average Bonchev–Trinajstić information content (AvgIpc) is 2.00. The number of hydrogen-bond acceptors (Lipinski definition) is 4. The lowest BCUT2D eigenvalue weighted by Gasteiger charge is -2.28. The summed E-state index contributed by atoms with van der Waals surface area (Å²) in [5.74, 6) is 0. The molecular formula is C9H25N2O4P. The Balaban J connectivity index is 0. The normalized spacial score (nSPS) is 15.3. The topological polar surface area (TPSA) is 61.8 Å². The number of rotatable bonds is 5. The molecule has 0 saturated heterocycles. The van der Waals surface area contributed by atoms with Crippen LogP contribution in [0, 0.1) is 0 Å². The van der Waals surface area contributed by atoms with Gasteiger partial charge in [0, 0.05) is 7.11 Å². The third kappa shape index (κ3) is 16.5. The molecule has 100 valence electrons. The van der Waals surface area contributed by atoms with Gasteiger partial charge in [0.25, 0.3) is 0 Å². The molecule has 0 aliphatic heterocycles. The molecule has 0 aromatic carbocycles. The Bertz CT molecular complexity index is 210. The monoisotopic (exact) mass is 256 g/mol. The van der Waals surface area contributed by atoms with Crippen LogP contribution in [0.3, 0.4) is 0 Å². The van der Waals surface area contributed by atoms with E-state index in [0.29, 0.717) is 0 Å². The van der Waals surface area contributed by atoms with Crippen LogP contribution >= 0.6 is 7.75 Å². The minimum Gasteiger partial charge on any atom is -0.766 e. The van der Waals surface area contributed by atoms with Crippen LogP contribution in [0.25, 0.3) is 0 Å². The largest absolute Gasteiger partial charge is 0.766 e. The first-order valence-corrected chi connectivity index (χ1v) is 6.41. The highest BCUT2D eigenvalue weighted by Crippen LogP contribution is 2.38. The minimum absolute atomic E-state index is 0.0649. The Kier molecular flexibility index (Phi) is 9.39. The molecule has 0 heterocycles. The van der Waals surface area contributed by atoms with Gasteiger partial charge in [0.2, 0.25) is 7.75 Å². The first kappa shape index (κ1) is 18.4. The zero-order valence-electron chi connectivity index (χ0n) is 11.4. The summed E-state index contributed by atoms with van der Waals surface area (Å²) < 4.78 is 22.1. The van der Waals surface area contributed by atoms with E-state index in [1.54, 1.807) is 0 Å². The van der Waals surface area contributed by atoms with Crippen LogP contribution in [0.2, 0.25) is 0 Å². The summed E-state index contributed by atoms with van der Waals surface area (Å²) in [5, 5.41) is 0. The Morgan fingerprint density at radius 1 is 1.19 bits per heavy atom. The number of quaternary nitrogens is 1. The second-order valence-electron chi connectivity index (χ2n) is 4.83. The third-order valence-corrected chi connectivity index (χ3v) is 2.52. The van der Waals surface area contributed by atoms with Crippen molar-refractivity contribution in [2.24, 2.45) is 0 Å². The van der Waals surface area contributed by atoms with Gasteiger partial charge < -0.3 is 18.6 Å². The second kappa shape index (κ2) is 8.17. The van der Waals surface area contributed by atoms with Gasteiger partial charge in [-0.3, -0.25) is 4.57 Å². The van der Waals surface area contributed by atoms with Gasteiger partial charge in [0.1, 0.15) is 0 Å². The summed E-state index contributed by atoms with van der Waals surface area (Å²) in [6.07, 6.45) is 0. The molecule has 7 heteroatoms. The van der Waals surface area contributed by atoms with Gasteiger partial charge in [-0.05, 0) is 14.1 Å². The van der Waals surface area contributed by atoms with Gasteiger partial charge in [-0.25, -0.2) is 4.67 Å². The van der Waals surface area contributed by atoms with Crippen molar-refractivity contribution < 1.29 is 23.2 Å². The molecule has 0 spiro atoms. The van der Waals surface area contributed by atoms with E-state index in [1.165, 1.54) is 21.2 Å². The molecule has 0 aliphatic carbocycles. The fourth-order valence-electron chi connectivity index (χ4n) is 0.351. The van der Waals surface area contributed by atoms with Crippen molar-refractivity contribution in [3.63, 3.8) is 0 Å². The Morgan fingerprint density at radius 3 is 1.81 bits per heavy atom. The smallest absolute Gasteiger partial charge is 0.206 e. The molecule has 0 aromatic rings. The van der Waals surface area contributed by atoms with Gasteiger partial charge in [-0.1, -0.05) is 0 Å². The van der Waals surface area contributed by atoms with Crippen LogP contribution < -0.4 is 4.89 Å². The Morgan fingerprint density at radius 2 is 1.56 bits per heavy atom. The quantitative estimate of drug-likeness (QED) is 0.394. The van der Waals surface area contributed by atoms with Crippen LogP contribution in [0.15, 0.2) is 0 Å². The van der Waals surface area contributed by atoms with Crippen molar-refractivity contribution >= 4 is 7.75 Å². The van der Waals surface area contributed by atoms with Crippen LogP contribution in [-0.2, 0) is 13.8 Å². The van der Waals surface area contributed by atoms with E-state index in [9.17, 15) is 9.46 Å². The SMILES string of the molecule is COCCOP(=O)([O-])N(C)C.C[N+](C)(C)C. The maximum atomic E-state index is 10.9. The number of nitrogens with zero attached hydrogens (tertiary/aromatic N) is 2. The first-order chi connectivity index (χ1) is 7.00. The molecule has 0 aliphatic rings. The van der Waals surface area contributed by atoms with Crippen LogP contribution in [0.4, 0.5) is 0 Å². The number of hydrogen-bond donors (Lipinski definition) is 0. The summed E-state index contributed by atoms with van der Waals surface area (Å²) in [6.45, 7) is 0.343. The predicted molar refractivity (Wildman–Crippen MR) is 63.1 cm³/mol. The average molecular weight is 256 g/mol. The third-order valence-electron chi connectivity index (χ3n) is 1.03. The van der Waals surface area contributed by atoms with Gasteiger partial charge in [0.15, 0.2) is 0 Å². The standard InChI is InChI=1S/C5H14NO4P.C4H12N/c1-6(2)11(7,8)10-5-4-9-3;1-5(2,3)4/h4-5H2,1-3H3,(H,7,8);1-4H3/q;+1/p-1. The highest BCUT2D eigenvalue weighted by molar-refractivity contribution is 7.48. The van der Waals surface area contributed by atoms with Gasteiger partial charge in [-0.15, -0.1) is 0 Å². The van der Waals surface area contributed by atoms with Crippen LogP contribution in [-0.4, -0.2) is 71.8 Å². The predicted octanol–water partition coefficient (Wildman–Crippen LogP) is 0.00180. The zero-order chi connectivity index (χ0) is 13.4. The van der Waals surface area contributed by atoms with Crippen molar-refractivity contribution in [3.8, 4) is 0 Å². The van der Waals surface area contributed by atoms with E-state index in [0.717, 1.165) is 9.15 Å². The molecule has 1 atom stereocenters. The molecule has 6 nitrogen and oxygen atoms in total. The summed E-state index contributed by atoms with van der Waals surface area (Å²) in [7, 11) is 9.02. The van der Waals surface area contributed by atoms with Gasteiger partial charge >= 0.3 is 0 Å². The molecule has 16 heavy (non-hydrogen) atoms. The number of ether oxygens (including phenoxy) is 1. The summed E-state index contributed by atoms with van der Waals surface area (Å²) >= 11 is 0. The fourth-order valence-corrected chi connectivity index (χ4v) is 0.888. The van der Waals surface area contributed by atoms with Crippen molar-refractivity contribution in [2.75, 3.05) is 62.6 Å². The molecule has 0 N–H and O–H groups in total. The molecule has 0 aromatic heterocycles. The minimum atomic E-state index is -3.79. The molecule has 0 fully saturated rings. The molecule has 0 radical (unpaired) electrons. The Labute approximate surface area is 98.9 Å². The van der Waals surface area contributed by atoms with Crippen molar-refractivity contribution in [1.29, 1.82) is 0 Å².